The lowest BCUT2D eigenvalue weighted by Crippen LogP contribution is -2.12. The molecule has 0 saturated carbocycles. The molecule has 21 heavy (non-hydrogen) atoms. The summed E-state index contributed by atoms with van der Waals surface area (Å²) in [5.74, 6) is -0.00191. The van der Waals surface area contributed by atoms with Crippen LogP contribution in [-0.2, 0) is 0 Å². The molecule has 2 aromatic carbocycles. The van der Waals surface area contributed by atoms with Crippen LogP contribution in [0, 0.1) is 10.1 Å². The number of oxime groups is 1. The molecule has 0 bridgehead atoms. The highest BCUT2D eigenvalue weighted by atomic mass is 79.9. The molecule has 0 unspecified atom stereocenters. The van der Waals surface area contributed by atoms with E-state index in [2.05, 4.69) is 21.1 Å². The molecule has 0 heterocycles. The molecule has 0 amide bonds. The van der Waals surface area contributed by atoms with Crippen molar-refractivity contribution in [3.63, 3.8) is 0 Å². The predicted molar refractivity (Wildman–Crippen MR) is 83.9 cm³/mol. The second-order valence-electron chi connectivity index (χ2n) is 3.96. The van der Waals surface area contributed by atoms with Gasteiger partial charge in [0.05, 0.1) is 9.82 Å². The van der Waals surface area contributed by atoms with Crippen LogP contribution in [0.2, 0.25) is 0 Å². The summed E-state index contributed by atoms with van der Waals surface area (Å²) < 4.78 is 0.703. The minimum absolute atomic E-state index is 0.00191. The van der Waals surface area contributed by atoms with E-state index in [1.807, 2.05) is 0 Å². The fourth-order valence-corrected chi connectivity index (χ4v) is 3.16. The lowest BCUT2D eigenvalue weighted by Gasteiger charge is -2.07. The maximum Gasteiger partial charge on any atom is 0.283 e. The van der Waals surface area contributed by atoms with Crippen molar-refractivity contribution in [1.82, 2.24) is 0 Å². The summed E-state index contributed by atoms with van der Waals surface area (Å²) in [7, 11) is 0. The number of para-hydroxylation sites is 1. The summed E-state index contributed by atoms with van der Waals surface area (Å²) in [6, 6.07) is 11.6. The Bertz CT molecular complexity index is 722. The minimum atomic E-state index is -0.416. The summed E-state index contributed by atoms with van der Waals surface area (Å²) in [6.45, 7) is 0. The van der Waals surface area contributed by atoms with E-state index in [9.17, 15) is 10.1 Å². The Morgan fingerprint density at radius 2 is 2.00 bits per heavy atom. The third-order valence-electron chi connectivity index (χ3n) is 2.62. The number of halogens is 1. The Hall–Kier alpha value is -2.06. The zero-order valence-electron chi connectivity index (χ0n) is 10.6. The molecule has 108 valence electrons. The van der Waals surface area contributed by atoms with Gasteiger partial charge in [0.15, 0.2) is 5.84 Å². The average molecular weight is 368 g/mol. The molecule has 0 aliphatic rings. The smallest absolute Gasteiger partial charge is 0.283 e. The number of amidine groups is 1. The molecular formula is C13H10BrN3O3S. The summed E-state index contributed by atoms with van der Waals surface area (Å²) in [6.07, 6.45) is 0. The topological polar surface area (TPSA) is 102 Å². The van der Waals surface area contributed by atoms with Gasteiger partial charge in [-0.25, -0.2) is 0 Å². The van der Waals surface area contributed by atoms with Gasteiger partial charge in [-0.2, -0.15) is 0 Å². The van der Waals surface area contributed by atoms with Gasteiger partial charge in [0, 0.05) is 21.0 Å². The molecule has 3 N–H and O–H groups in total. The standard InChI is InChI=1S/C13H10BrN3O3S/c14-9-7-8(13(15)16-18)5-6-11(9)21-12-4-2-1-3-10(12)17(19)20/h1-7,18H,(H2,15,16). The van der Waals surface area contributed by atoms with Gasteiger partial charge in [-0.3, -0.25) is 10.1 Å². The molecule has 0 aromatic heterocycles. The fourth-order valence-electron chi connectivity index (χ4n) is 1.61. The lowest BCUT2D eigenvalue weighted by molar-refractivity contribution is -0.387. The van der Waals surface area contributed by atoms with Crippen LogP contribution in [0.3, 0.4) is 0 Å². The van der Waals surface area contributed by atoms with Crippen LogP contribution in [0.1, 0.15) is 5.56 Å². The number of nitro groups is 1. The van der Waals surface area contributed by atoms with Crippen LogP contribution in [0.5, 0.6) is 0 Å². The van der Waals surface area contributed by atoms with Crippen LogP contribution >= 0.6 is 27.7 Å². The summed E-state index contributed by atoms with van der Waals surface area (Å²) >= 11 is 4.65. The first-order valence-electron chi connectivity index (χ1n) is 5.71. The SMILES string of the molecule is N/C(=N/O)c1ccc(Sc2ccccc2[N+](=O)[O-])c(Br)c1. The van der Waals surface area contributed by atoms with Gasteiger partial charge in [-0.1, -0.05) is 29.1 Å². The number of nitrogens with zero attached hydrogens (tertiary/aromatic N) is 2. The maximum atomic E-state index is 11.0. The van der Waals surface area contributed by atoms with Crippen LogP contribution in [0.25, 0.3) is 0 Å². The molecule has 0 radical (unpaired) electrons. The zero-order valence-corrected chi connectivity index (χ0v) is 13.0. The Labute approximate surface area is 132 Å². The van der Waals surface area contributed by atoms with Crippen molar-refractivity contribution in [3.05, 3.63) is 62.6 Å². The van der Waals surface area contributed by atoms with Crippen LogP contribution in [-0.4, -0.2) is 16.0 Å². The van der Waals surface area contributed by atoms with Crippen LogP contribution < -0.4 is 5.73 Å². The molecule has 0 aliphatic heterocycles. The average Bonchev–Trinajstić information content (AvgIpc) is 2.48. The van der Waals surface area contributed by atoms with Gasteiger partial charge in [-0.05, 0) is 40.2 Å². The van der Waals surface area contributed by atoms with E-state index in [0.29, 0.717) is 14.9 Å². The monoisotopic (exact) mass is 367 g/mol. The van der Waals surface area contributed by atoms with E-state index in [1.165, 1.54) is 17.8 Å². The van der Waals surface area contributed by atoms with E-state index in [0.717, 1.165) is 4.90 Å². The predicted octanol–water partition coefficient (Wildman–Crippen LogP) is 3.60. The Morgan fingerprint density at radius 1 is 1.29 bits per heavy atom. The first-order chi connectivity index (χ1) is 10.0. The Kier molecular flexibility index (Phi) is 4.81. The van der Waals surface area contributed by atoms with Crippen molar-refractivity contribution in [2.75, 3.05) is 0 Å². The number of nitro benzene ring substituents is 1. The van der Waals surface area contributed by atoms with E-state index >= 15 is 0 Å². The number of nitrogens with two attached hydrogens (primary N) is 1. The maximum absolute atomic E-state index is 11.0. The molecule has 0 saturated heterocycles. The second-order valence-corrected chi connectivity index (χ2v) is 5.90. The number of hydrogen-bond donors (Lipinski definition) is 2. The second kappa shape index (κ2) is 6.59. The van der Waals surface area contributed by atoms with Crippen molar-refractivity contribution in [1.29, 1.82) is 0 Å². The van der Waals surface area contributed by atoms with Crippen molar-refractivity contribution in [3.8, 4) is 0 Å². The molecule has 8 heteroatoms. The molecule has 2 aromatic rings. The van der Waals surface area contributed by atoms with E-state index in [1.54, 1.807) is 36.4 Å². The molecule has 6 nitrogen and oxygen atoms in total. The minimum Gasteiger partial charge on any atom is -0.409 e. The summed E-state index contributed by atoms with van der Waals surface area (Å²) in [5.41, 5.74) is 6.12. The zero-order chi connectivity index (χ0) is 15.4. The van der Waals surface area contributed by atoms with Crippen molar-refractivity contribution in [2.45, 2.75) is 9.79 Å². The lowest BCUT2D eigenvalue weighted by atomic mass is 10.2. The molecule has 0 spiro atoms. The van der Waals surface area contributed by atoms with Crippen molar-refractivity contribution >= 4 is 39.2 Å². The highest BCUT2D eigenvalue weighted by Crippen LogP contribution is 2.38. The van der Waals surface area contributed by atoms with Gasteiger partial charge in [0.25, 0.3) is 5.69 Å². The molecule has 0 aliphatic carbocycles. The van der Waals surface area contributed by atoms with Crippen LogP contribution in [0.4, 0.5) is 5.69 Å². The quantitative estimate of drug-likeness (QED) is 0.282. The van der Waals surface area contributed by atoms with Gasteiger partial charge < -0.3 is 10.9 Å². The van der Waals surface area contributed by atoms with Gasteiger partial charge in [0.2, 0.25) is 0 Å². The van der Waals surface area contributed by atoms with E-state index < -0.39 is 4.92 Å². The first-order valence-corrected chi connectivity index (χ1v) is 7.32. The van der Waals surface area contributed by atoms with Gasteiger partial charge >= 0.3 is 0 Å². The molecular weight excluding hydrogens is 358 g/mol. The molecule has 0 atom stereocenters. The van der Waals surface area contributed by atoms with Gasteiger partial charge in [-0.15, -0.1) is 0 Å². The number of benzene rings is 2. The van der Waals surface area contributed by atoms with Crippen molar-refractivity contribution < 1.29 is 10.1 Å². The number of hydrogen-bond acceptors (Lipinski definition) is 5. The Balaban J connectivity index is 2.35. The molecule has 0 fully saturated rings. The normalized spacial score (nSPS) is 11.4. The highest BCUT2D eigenvalue weighted by Gasteiger charge is 2.15. The summed E-state index contributed by atoms with van der Waals surface area (Å²) in [4.78, 5) is 11.9. The number of rotatable bonds is 4. The van der Waals surface area contributed by atoms with Gasteiger partial charge in [0.1, 0.15) is 0 Å². The summed E-state index contributed by atoms with van der Waals surface area (Å²) in [5, 5.41) is 22.6. The molecule has 2 rings (SSSR count). The fraction of sp³-hybridized carbons (Fsp3) is 0. The Morgan fingerprint density at radius 3 is 2.62 bits per heavy atom. The highest BCUT2D eigenvalue weighted by molar-refractivity contribution is 9.10. The van der Waals surface area contributed by atoms with Crippen LogP contribution in [0.15, 0.2) is 61.9 Å². The van der Waals surface area contributed by atoms with Crippen molar-refractivity contribution in [2.24, 2.45) is 10.9 Å². The largest absolute Gasteiger partial charge is 0.409 e. The third-order valence-corrected chi connectivity index (χ3v) is 4.68. The first kappa shape index (κ1) is 15.3. The van der Waals surface area contributed by atoms with E-state index in [-0.39, 0.29) is 11.5 Å². The van der Waals surface area contributed by atoms with E-state index in [4.69, 9.17) is 10.9 Å². The third kappa shape index (κ3) is 3.53.